The Bertz CT molecular complexity index is 552. The maximum absolute atomic E-state index is 11.8. The van der Waals surface area contributed by atoms with Crippen LogP contribution in [0.5, 0.6) is 0 Å². The van der Waals surface area contributed by atoms with Crippen LogP contribution in [0.2, 0.25) is 0 Å². The van der Waals surface area contributed by atoms with Gasteiger partial charge in [-0.3, -0.25) is 4.99 Å². The van der Waals surface area contributed by atoms with Gasteiger partial charge in [0.05, 0.1) is 22.8 Å². The maximum Gasteiger partial charge on any atom is 0.240 e. The molecule has 1 N–H and O–H groups in total. The van der Waals surface area contributed by atoms with E-state index in [1.165, 1.54) is 0 Å². The van der Waals surface area contributed by atoms with Crippen LogP contribution in [0, 0.1) is 0 Å². The van der Waals surface area contributed by atoms with Crippen LogP contribution in [0.3, 0.4) is 0 Å². The number of rotatable bonds is 3. The van der Waals surface area contributed by atoms with Gasteiger partial charge in [0.25, 0.3) is 0 Å². The molecule has 0 saturated heterocycles. The first-order valence-corrected chi connectivity index (χ1v) is 6.90. The van der Waals surface area contributed by atoms with E-state index in [0.29, 0.717) is 12.2 Å². The van der Waals surface area contributed by atoms with E-state index in [4.69, 9.17) is 0 Å². The molecule has 6 heteroatoms. The van der Waals surface area contributed by atoms with Crippen LogP contribution >= 0.6 is 0 Å². The molecule has 0 aromatic heterocycles. The van der Waals surface area contributed by atoms with Crippen molar-refractivity contribution in [2.24, 2.45) is 4.99 Å². The minimum absolute atomic E-state index is 0.255. The zero-order chi connectivity index (χ0) is 12.5. The first-order chi connectivity index (χ1) is 8.04. The maximum atomic E-state index is 11.8. The van der Waals surface area contributed by atoms with Gasteiger partial charge in [0.1, 0.15) is 0 Å². The highest BCUT2D eigenvalue weighted by atomic mass is 32.2. The van der Waals surface area contributed by atoms with E-state index >= 15 is 0 Å². The Morgan fingerprint density at radius 3 is 2.94 bits per heavy atom. The molecule has 0 spiro atoms. The summed E-state index contributed by atoms with van der Waals surface area (Å²) in [5, 5.41) is 0. The number of benzene rings is 1. The van der Waals surface area contributed by atoms with Crippen LogP contribution < -0.4 is 9.62 Å². The fraction of sp³-hybridized carbons (Fsp3) is 0.364. The van der Waals surface area contributed by atoms with E-state index in [1.807, 2.05) is 11.9 Å². The molecule has 2 rings (SSSR count). The Hall–Kier alpha value is -1.40. The lowest BCUT2D eigenvalue weighted by atomic mass is 10.2. The van der Waals surface area contributed by atoms with Crippen LogP contribution in [0.25, 0.3) is 0 Å². The van der Waals surface area contributed by atoms with Crippen LogP contribution in [0.1, 0.15) is 6.92 Å². The van der Waals surface area contributed by atoms with E-state index in [9.17, 15) is 8.42 Å². The number of nitrogens with zero attached hydrogens (tertiary/aromatic N) is 2. The van der Waals surface area contributed by atoms with Crippen LogP contribution in [0.4, 0.5) is 11.4 Å². The predicted molar refractivity (Wildman–Crippen MR) is 68.7 cm³/mol. The molecule has 0 atom stereocenters. The number of sulfonamides is 1. The molecule has 1 aliphatic heterocycles. The normalized spacial score (nSPS) is 14.8. The van der Waals surface area contributed by atoms with Gasteiger partial charge in [-0.15, -0.1) is 0 Å². The van der Waals surface area contributed by atoms with Gasteiger partial charge in [0, 0.05) is 19.8 Å². The molecule has 1 aromatic rings. The third-order valence-electron chi connectivity index (χ3n) is 2.59. The van der Waals surface area contributed by atoms with E-state index in [-0.39, 0.29) is 4.90 Å². The summed E-state index contributed by atoms with van der Waals surface area (Å²) in [7, 11) is -1.46. The van der Waals surface area contributed by atoms with Crippen molar-refractivity contribution in [1.29, 1.82) is 0 Å². The van der Waals surface area contributed by atoms with Crippen molar-refractivity contribution < 1.29 is 8.42 Å². The van der Waals surface area contributed by atoms with Gasteiger partial charge in [-0.05, 0) is 18.2 Å². The molecule has 92 valence electrons. The van der Waals surface area contributed by atoms with E-state index in [2.05, 4.69) is 9.71 Å². The van der Waals surface area contributed by atoms with Gasteiger partial charge in [0.2, 0.25) is 10.0 Å². The summed E-state index contributed by atoms with van der Waals surface area (Å²) >= 11 is 0. The molecule has 5 nitrogen and oxygen atoms in total. The van der Waals surface area contributed by atoms with Gasteiger partial charge >= 0.3 is 0 Å². The lowest BCUT2D eigenvalue weighted by molar-refractivity contribution is 0.584. The Morgan fingerprint density at radius 1 is 1.47 bits per heavy atom. The van der Waals surface area contributed by atoms with Crippen molar-refractivity contribution in [3.63, 3.8) is 0 Å². The summed E-state index contributed by atoms with van der Waals surface area (Å²) < 4.78 is 26.1. The third-order valence-corrected chi connectivity index (χ3v) is 4.13. The molecule has 0 radical (unpaired) electrons. The van der Waals surface area contributed by atoms with Gasteiger partial charge in [-0.2, -0.15) is 0 Å². The van der Waals surface area contributed by atoms with Gasteiger partial charge in [-0.25, -0.2) is 13.1 Å². The first-order valence-electron chi connectivity index (χ1n) is 5.42. The average molecular weight is 253 g/mol. The fourth-order valence-electron chi connectivity index (χ4n) is 1.73. The molecule has 0 saturated carbocycles. The smallest absolute Gasteiger partial charge is 0.240 e. The number of anilines is 1. The van der Waals surface area contributed by atoms with Crippen LogP contribution in [-0.4, -0.2) is 34.8 Å². The zero-order valence-electron chi connectivity index (χ0n) is 9.84. The highest BCUT2D eigenvalue weighted by Gasteiger charge is 2.17. The van der Waals surface area contributed by atoms with Crippen molar-refractivity contribution in [3.8, 4) is 0 Å². The number of fused-ring (bicyclic) bond motifs is 1. The Balaban J connectivity index is 2.45. The minimum Gasteiger partial charge on any atom is -0.368 e. The number of nitrogens with one attached hydrogen (secondary N) is 1. The largest absolute Gasteiger partial charge is 0.368 e. The molecule has 0 amide bonds. The molecule has 0 bridgehead atoms. The average Bonchev–Trinajstić information content (AvgIpc) is 2.29. The Labute approximate surface area is 101 Å². The zero-order valence-corrected chi connectivity index (χ0v) is 10.7. The highest BCUT2D eigenvalue weighted by molar-refractivity contribution is 7.89. The molecule has 0 unspecified atom stereocenters. The monoisotopic (exact) mass is 253 g/mol. The summed E-state index contributed by atoms with van der Waals surface area (Å²) in [5.74, 6) is 0. The van der Waals surface area contributed by atoms with Crippen LogP contribution in [0.15, 0.2) is 28.1 Å². The van der Waals surface area contributed by atoms with Crippen LogP contribution in [-0.2, 0) is 10.0 Å². The lowest BCUT2D eigenvalue weighted by Gasteiger charge is -2.22. The third kappa shape index (κ3) is 2.32. The van der Waals surface area contributed by atoms with Crippen molar-refractivity contribution in [1.82, 2.24) is 4.72 Å². The van der Waals surface area contributed by atoms with Gasteiger partial charge < -0.3 is 4.90 Å². The second kappa shape index (κ2) is 4.46. The number of aliphatic imine (C=N–C) groups is 1. The molecule has 17 heavy (non-hydrogen) atoms. The van der Waals surface area contributed by atoms with E-state index in [0.717, 1.165) is 12.2 Å². The summed E-state index contributed by atoms with van der Waals surface area (Å²) in [6, 6.07) is 4.99. The summed E-state index contributed by atoms with van der Waals surface area (Å²) in [4.78, 5) is 6.49. The van der Waals surface area contributed by atoms with E-state index in [1.54, 1.807) is 31.3 Å². The summed E-state index contributed by atoms with van der Waals surface area (Å²) in [6.45, 7) is 2.87. The first kappa shape index (κ1) is 12.1. The standard InChI is InChI=1S/C11H15N3O2S/c1-3-13-17(15,16)9-4-5-11-10(8-9)12-6-7-14(11)2/h4-6,8,13H,3,7H2,1-2H3. The molecule has 1 aliphatic rings. The Kier molecular flexibility index (Phi) is 3.17. The molecular weight excluding hydrogens is 238 g/mol. The topological polar surface area (TPSA) is 61.8 Å². The summed E-state index contributed by atoms with van der Waals surface area (Å²) in [6.07, 6.45) is 1.77. The SMILES string of the molecule is CCNS(=O)(=O)c1ccc2c(c1)N=CCN2C. The van der Waals surface area contributed by atoms with Crippen molar-refractivity contribution in [2.45, 2.75) is 11.8 Å². The van der Waals surface area contributed by atoms with Crippen molar-refractivity contribution in [3.05, 3.63) is 18.2 Å². The van der Waals surface area contributed by atoms with Gasteiger partial charge in [-0.1, -0.05) is 6.92 Å². The second-order valence-electron chi connectivity index (χ2n) is 3.84. The van der Waals surface area contributed by atoms with Crippen molar-refractivity contribution in [2.75, 3.05) is 25.0 Å². The Morgan fingerprint density at radius 2 is 2.24 bits per heavy atom. The molecule has 1 aromatic carbocycles. The lowest BCUT2D eigenvalue weighted by Crippen LogP contribution is -2.24. The minimum atomic E-state index is -3.40. The molecule has 0 fully saturated rings. The molecule has 0 aliphatic carbocycles. The van der Waals surface area contributed by atoms with E-state index < -0.39 is 10.0 Å². The predicted octanol–water partition coefficient (Wildman–Crippen LogP) is 1.14. The quantitative estimate of drug-likeness (QED) is 0.878. The van der Waals surface area contributed by atoms with Gasteiger partial charge in [0.15, 0.2) is 0 Å². The second-order valence-corrected chi connectivity index (χ2v) is 5.61. The number of hydrogen-bond donors (Lipinski definition) is 1. The van der Waals surface area contributed by atoms with Crippen molar-refractivity contribution >= 4 is 27.6 Å². The highest BCUT2D eigenvalue weighted by Crippen LogP contribution is 2.32. The number of hydrogen-bond acceptors (Lipinski definition) is 4. The summed E-state index contributed by atoms with van der Waals surface area (Å²) in [5.41, 5.74) is 1.64. The molecule has 1 heterocycles. The fourth-order valence-corrected chi connectivity index (χ4v) is 2.79. The molecular formula is C11H15N3O2S.